The fourth-order valence-electron chi connectivity index (χ4n) is 2.85. The second-order valence-corrected chi connectivity index (χ2v) is 8.05. The van der Waals surface area contributed by atoms with Crippen LogP contribution in [0.1, 0.15) is 41.6 Å². The number of benzene rings is 1. The molecule has 0 unspecified atom stereocenters. The Morgan fingerprint density at radius 3 is 2.96 bits per heavy atom. The second-order valence-electron chi connectivity index (χ2n) is 6.08. The SMILES string of the molecule is O=S(=O)(Cc1noc(C2CC2)n1)N1CCc2cccc(O)c2C1. The molecule has 0 radical (unpaired) electrons. The number of aromatic hydroxyl groups is 1. The molecular formula is C15H17N3O4S. The van der Waals surface area contributed by atoms with Crippen molar-refractivity contribution in [1.29, 1.82) is 0 Å². The van der Waals surface area contributed by atoms with Crippen molar-refractivity contribution < 1.29 is 18.0 Å². The van der Waals surface area contributed by atoms with Gasteiger partial charge in [0.1, 0.15) is 11.5 Å². The molecule has 122 valence electrons. The van der Waals surface area contributed by atoms with E-state index < -0.39 is 10.0 Å². The average molecular weight is 335 g/mol. The maximum Gasteiger partial charge on any atom is 0.229 e. The monoisotopic (exact) mass is 335 g/mol. The zero-order valence-electron chi connectivity index (χ0n) is 12.5. The third-order valence-corrected chi connectivity index (χ3v) is 6.05. The van der Waals surface area contributed by atoms with Gasteiger partial charge < -0.3 is 9.63 Å². The Morgan fingerprint density at radius 2 is 2.17 bits per heavy atom. The Morgan fingerprint density at radius 1 is 1.35 bits per heavy atom. The van der Waals surface area contributed by atoms with Gasteiger partial charge in [-0.3, -0.25) is 0 Å². The summed E-state index contributed by atoms with van der Waals surface area (Å²) in [6.45, 7) is 0.573. The van der Waals surface area contributed by atoms with Crippen LogP contribution in [0.25, 0.3) is 0 Å². The summed E-state index contributed by atoms with van der Waals surface area (Å²) in [5, 5.41) is 13.7. The molecule has 1 aromatic carbocycles. The van der Waals surface area contributed by atoms with Crippen LogP contribution in [0.15, 0.2) is 22.7 Å². The minimum Gasteiger partial charge on any atom is -0.508 e. The van der Waals surface area contributed by atoms with Crippen LogP contribution >= 0.6 is 0 Å². The van der Waals surface area contributed by atoms with Crippen LogP contribution in [0.4, 0.5) is 0 Å². The van der Waals surface area contributed by atoms with E-state index in [0.29, 0.717) is 30.3 Å². The molecule has 1 aromatic heterocycles. The molecule has 1 N–H and O–H groups in total. The summed E-state index contributed by atoms with van der Waals surface area (Å²) < 4.78 is 31.7. The van der Waals surface area contributed by atoms with Gasteiger partial charge >= 0.3 is 0 Å². The molecule has 1 saturated carbocycles. The van der Waals surface area contributed by atoms with E-state index in [-0.39, 0.29) is 23.9 Å². The smallest absolute Gasteiger partial charge is 0.229 e. The summed E-state index contributed by atoms with van der Waals surface area (Å²) in [5.74, 6) is 0.911. The topological polar surface area (TPSA) is 96.5 Å². The van der Waals surface area contributed by atoms with Crippen LogP contribution in [0, 0.1) is 0 Å². The highest BCUT2D eigenvalue weighted by Gasteiger charge is 2.32. The summed E-state index contributed by atoms with van der Waals surface area (Å²) in [7, 11) is -3.55. The lowest BCUT2D eigenvalue weighted by molar-refractivity contribution is 0.368. The maximum absolute atomic E-state index is 12.6. The van der Waals surface area contributed by atoms with Crippen molar-refractivity contribution in [1.82, 2.24) is 14.4 Å². The minimum absolute atomic E-state index is 0.137. The highest BCUT2D eigenvalue weighted by Crippen LogP contribution is 2.39. The van der Waals surface area contributed by atoms with Crippen LogP contribution < -0.4 is 0 Å². The van der Waals surface area contributed by atoms with Crippen LogP contribution in [0.5, 0.6) is 5.75 Å². The molecule has 23 heavy (non-hydrogen) atoms. The van der Waals surface area contributed by atoms with Crippen molar-refractivity contribution in [3.8, 4) is 5.75 Å². The number of sulfonamides is 1. The first-order chi connectivity index (χ1) is 11.0. The van der Waals surface area contributed by atoms with E-state index in [4.69, 9.17) is 4.52 Å². The largest absolute Gasteiger partial charge is 0.508 e. The number of nitrogens with zero attached hydrogens (tertiary/aromatic N) is 3. The Kier molecular flexibility index (Phi) is 3.38. The standard InChI is InChI=1S/C15H17N3O4S/c19-13-3-1-2-10-6-7-18(8-12(10)13)23(20,21)9-14-16-15(22-17-14)11-4-5-11/h1-3,11,19H,4-9H2. The summed E-state index contributed by atoms with van der Waals surface area (Å²) in [5.41, 5.74) is 1.67. The van der Waals surface area contributed by atoms with Gasteiger partial charge in [-0.1, -0.05) is 17.3 Å². The van der Waals surface area contributed by atoms with Gasteiger partial charge in [-0.25, -0.2) is 8.42 Å². The van der Waals surface area contributed by atoms with Gasteiger partial charge in [-0.05, 0) is 30.9 Å². The Labute approximate surface area is 134 Å². The number of hydrogen-bond donors (Lipinski definition) is 1. The van der Waals surface area contributed by atoms with E-state index in [1.54, 1.807) is 12.1 Å². The molecule has 0 saturated heterocycles. The quantitative estimate of drug-likeness (QED) is 0.910. The highest BCUT2D eigenvalue weighted by atomic mass is 32.2. The molecule has 0 spiro atoms. The number of phenols is 1. The lowest BCUT2D eigenvalue weighted by Crippen LogP contribution is -2.36. The van der Waals surface area contributed by atoms with E-state index in [2.05, 4.69) is 10.1 Å². The molecular weight excluding hydrogens is 318 g/mol. The predicted molar refractivity (Wildman–Crippen MR) is 81.1 cm³/mol. The zero-order chi connectivity index (χ0) is 16.0. The number of fused-ring (bicyclic) bond motifs is 1. The van der Waals surface area contributed by atoms with Crippen molar-refractivity contribution >= 4 is 10.0 Å². The molecule has 2 aromatic rings. The lowest BCUT2D eigenvalue weighted by Gasteiger charge is -2.28. The van der Waals surface area contributed by atoms with Crippen molar-refractivity contribution in [2.75, 3.05) is 6.54 Å². The number of rotatable bonds is 4. The second kappa shape index (κ2) is 5.31. The molecule has 2 heterocycles. The van der Waals surface area contributed by atoms with Gasteiger partial charge in [0.2, 0.25) is 15.9 Å². The molecule has 1 aliphatic heterocycles. The number of aromatic nitrogens is 2. The Balaban J connectivity index is 1.53. The number of phenolic OH excluding ortho intramolecular Hbond substituents is 1. The molecule has 4 rings (SSSR count). The van der Waals surface area contributed by atoms with Gasteiger partial charge in [0.05, 0.1) is 0 Å². The van der Waals surface area contributed by atoms with Gasteiger partial charge in [-0.2, -0.15) is 9.29 Å². The number of hydrogen-bond acceptors (Lipinski definition) is 6. The molecule has 7 nitrogen and oxygen atoms in total. The first-order valence-electron chi connectivity index (χ1n) is 7.63. The van der Waals surface area contributed by atoms with Gasteiger partial charge in [0.15, 0.2) is 5.82 Å². The third kappa shape index (κ3) is 2.84. The molecule has 1 fully saturated rings. The summed E-state index contributed by atoms with van der Waals surface area (Å²) in [4.78, 5) is 4.18. The van der Waals surface area contributed by atoms with E-state index in [1.165, 1.54) is 4.31 Å². The molecule has 2 aliphatic rings. The van der Waals surface area contributed by atoms with E-state index in [1.807, 2.05) is 6.07 Å². The van der Waals surface area contributed by atoms with Gasteiger partial charge in [0.25, 0.3) is 0 Å². The summed E-state index contributed by atoms with van der Waals surface area (Å²) in [6, 6.07) is 5.27. The van der Waals surface area contributed by atoms with E-state index in [9.17, 15) is 13.5 Å². The summed E-state index contributed by atoms with van der Waals surface area (Å²) >= 11 is 0. The van der Waals surface area contributed by atoms with Crippen LogP contribution in [-0.4, -0.2) is 34.5 Å². The van der Waals surface area contributed by atoms with Crippen molar-refractivity contribution in [2.24, 2.45) is 0 Å². The van der Waals surface area contributed by atoms with Crippen LogP contribution in [0.3, 0.4) is 0 Å². The average Bonchev–Trinajstić information content (AvgIpc) is 3.28. The normalized spacial score (nSPS) is 18.8. The zero-order valence-corrected chi connectivity index (χ0v) is 13.3. The summed E-state index contributed by atoms with van der Waals surface area (Å²) in [6.07, 6.45) is 2.63. The van der Waals surface area contributed by atoms with E-state index >= 15 is 0 Å². The van der Waals surface area contributed by atoms with E-state index in [0.717, 1.165) is 18.4 Å². The van der Waals surface area contributed by atoms with Crippen molar-refractivity contribution in [3.63, 3.8) is 0 Å². The van der Waals surface area contributed by atoms with Gasteiger partial charge in [-0.15, -0.1) is 0 Å². The Bertz CT molecular complexity index is 842. The highest BCUT2D eigenvalue weighted by molar-refractivity contribution is 7.88. The molecule has 0 atom stereocenters. The molecule has 0 amide bonds. The third-order valence-electron chi connectivity index (χ3n) is 4.33. The van der Waals surface area contributed by atoms with Crippen LogP contribution in [0.2, 0.25) is 0 Å². The fraction of sp³-hybridized carbons (Fsp3) is 0.467. The van der Waals surface area contributed by atoms with Crippen LogP contribution in [-0.2, 0) is 28.7 Å². The maximum atomic E-state index is 12.6. The van der Waals surface area contributed by atoms with Crippen molar-refractivity contribution in [3.05, 3.63) is 41.0 Å². The first-order valence-corrected chi connectivity index (χ1v) is 9.24. The molecule has 1 aliphatic carbocycles. The Hall–Kier alpha value is -1.93. The predicted octanol–water partition coefficient (Wildman–Crippen LogP) is 1.54. The molecule has 8 heteroatoms. The lowest BCUT2D eigenvalue weighted by atomic mass is 10.0. The fourth-order valence-corrected chi connectivity index (χ4v) is 4.17. The molecule has 0 bridgehead atoms. The van der Waals surface area contributed by atoms with Gasteiger partial charge in [0, 0.05) is 24.6 Å². The van der Waals surface area contributed by atoms with Crippen molar-refractivity contribution in [2.45, 2.75) is 37.5 Å². The minimum atomic E-state index is -3.55. The first kappa shape index (κ1) is 14.6.